The Balaban J connectivity index is 1.12. The summed E-state index contributed by atoms with van der Waals surface area (Å²) >= 11 is 0. The number of fused-ring (bicyclic) bond motifs is 9. The summed E-state index contributed by atoms with van der Waals surface area (Å²) in [5.41, 5.74) is 12.9. The monoisotopic (exact) mass is 802 g/mol. The summed E-state index contributed by atoms with van der Waals surface area (Å²) in [5, 5.41) is 10.8. The Labute approximate surface area is 364 Å². The molecule has 0 saturated carbocycles. The van der Waals surface area contributed by atoms with Crippen molar-refractivity contribution in [3.63, 3.8) is 0 Å². The number of nitrogens with zero attached hydrogens (tertiary/aromatic N) is 4. The smallest absolute Gasteiger partial charge is 0.164 e. The van der Waals surface area contributed by atoms with Gasteiger partial charge in [0.05, 0.1) is 16.9 Å². The molecule has 12 aromatic rings. The SMILES string of the molecule is c1ccc(-c2nc(-c3ccc4ccccc4c3)nc(-c3ccc(-n4c5c(c6cc7ccccc7cc64)CCc4ccccc4-5)c4cc(-c5cccc6ccccc56)ccc34)n2)cc1. The van der Waals surface area contributed by atoms with Crippen LogP contribution in [0.3, 0.4) is 0 Å². The van der Waals surface area contributed by atoms with E-state index >= 15 is 0 Å². The molecule has 294 valence electrons. The number of hydrogen-bond donors (Lipinski definition) is 0. The van der Waals surface area contributed by atoms with Gasteiger partial charge in [-0.05, 0) is 109 Å². The molecule has 2 heterocycles. The van der Waals surface area contributed by atoms with Crippen LogP contribution >= 0.6 is 0 Å². The van der Waals surface area contributed by atoms with Gasteiger partial charge in [0.15, 0.2) is 17.5 Å². The molecule has 0 spiro atoms. The van der Waals surface area contributed by atoms with Gasteiger partial charge < -0.3 is 4.57 Å². The van der Waals surface area contributed by atoms with Crippen molar-refractivity contribution < 1.29 is 0 Å². The fourth-order valence-corrected chi connectivity index (χ4v) is 10.1. The van der Waals surface area contributed by atoms with Crippen LogP contribution < -0.4 is 0 Å². The van der Waals surface area contributed by atoms with E-state index in [0.717, 1.165) is 56.9 Å². The first-order chi connectivity index (χ1) is 31.2. The summed E-state index contributed by atoms with van der Waals surface area (Å²) in [4.78, 5) is 15.7. The highest BCUT2D eigenvalue weighted by atomic mass is 15.0. The predicted molar refractivity (Wildman–Crippen MR) is 261 cm³/mol. The molecule has 0 aliphatic heterocycles. The van der Waals surface area contributed by atoms with Crippen molar-refractivity contribution in [2.24, 2.45) is 0 Å². The first-order valence-corrected chi connectivity index (χ1v) is 21.7. The normalized spacial score (nSPS) is 12.3. The zero-order chi connectivity index (χ0) is 41.4. The molecule has 10 aromatic carbocycles. The van der Waals surface area contributed by atoms with E-state index in [0.29, 0.717) is 17.5 Å². The van der Waals surface area contributed by atoms with Gasteiger partial charge >= 0.3 is 0 Å². The van der Waals surface area contributed by atoms with Crippen LogP contribution in [0.25, 0.3) is 116 Å². The zero-order valence-corrected chi connectivity index (χ0v) is 34.3. The third kappa shape index (κ3) is 5.79. The van der Waals surface area contributed by atoms with Gasteiger partial charge in [-0.25, -0.2) is 15.0 Å². The Morgan fingerprint density at radius 3 is 1.84 bits per heavy atom. The summed E-state index contributed by atoms with van der Waals surface area (Å²) < 4.78 is 2.55. The summed E-state index contributed by atoms with van der Waals surface area (Å²) in [6, 6.07) is 74.4. The van der Waals surface area contributed by atoms with Gasteiger partial charge in [-0.1, -0.05) is 170 Å². The van der Waals surface area contributed by atoms with Crippen LogP contribution in [0, 0.1) is 0 Å². The average molecular weight is 803 g/mol. The molecule has 0 N–H and O–H groups in total. The average Bonchev–Trinajstić information content (AvgIpc) is 3.68. The number of aryl methyl sites for hydroxylation is 2. The highest BCUT2D eigenvalue weighted by molar-refractivity contribution is 6.09. The largest absolute Gasteiger partial charge is 0.308 e. The minimum atomic E-state index is 0.636. The van der Waals surface area contributed by atoms with Crippen molar-refractivity contribution in [2.75, 3.05) is 0 Å². The van der Waals surface area contributed by atoms with Crippen LogP contribution in [0.5, 0.6) is 0 Å². The Kier molecular flexibility index (Phi) is 8.00. The molecule has 13 rings (SSSR count). The molecule has 0 fully saturated rings. The van der Waals surface area contributed by atoms with Crippen LogP contribution in [0.1, 0.15) is 11.1 Å². The highest BCUT2D eigenvalue weighted by Crippen LogP contribution is 2.46. The van der Waals surface area contributed by atoms with Gasteiger partial charge in [0.25, 0.3) is 0 Å². The van der Waals surface area contributed by atoms with Crippen LogP contribution in [-0.2, 0) is 12.8 Å². The van der Waals surface area contributed by atoms with E-state index in [1.165, 1.54) is 65.8 Å². The molecule has 4 heteroatoms. The van der Waals surface area contributed by atoms with E-state index in [-0.39, 0.29) is 0 Å². The number of aromatic nitrogens is 4. The minimum Gasteiger partial charge on any atom is -0.308 e. The lowest BCUT2D eigenvalue weighted by Crippen LogP contribution is -2.07. The van der Waals surface area contributed by atoms with E-state index in [1.807, 2.05) is 18.2 Å². The van der Waals surface area contributed by atoms with E-state index in [9.17, 15) is 0 Å². The van der Waals surface area contributed by atoms with Crippen molar-refractivity contribution in [1.29, 1.82) is 0 Å². The van der Waals surface area contributed by atoms with Gasteiger partial charge in [0, 0.05) is 33.0 Å². The molecular formula is C59H38N4. The van der Waals surface area contributed by atoms with Gasteiger partial charge in [-0.15, -0.1) is 0 Å². The minimum absolute atomic E-state index is 0.636. The van der Waals surface area contributed by atoms with Crippen LogP contribution in [0.2, 0.25) is 0 Å². The number of benzene rings is 10. The standard InChI is InChI=1S/C59H38N4/c1-2-16-40(17-3-1)57-60-58(45-26-25-37-13-4-5-18-41(37)33-45)62-59(61-57)51-31-32-54(52-35-44(28-29-49(51)52)47-24-12-21-38-14-8-10-22-46(38)47)63-55-36-43-20-7-6-19-42(43)34-53(55)50-30-27-39-15-9-11-23-48(39)56(50)63/h1-26,28-29,31-36H,27,30H2. The summed E-state index contributed by atoms with van der Waals surface area (Å²) in [6.45, 7) is 0. The molecule has 0 bridgehead atoms. The molecule has 0 unspecified atom stereocenters. The van der Waals surface area contributed by atoms with Crippen LogP contribution in [0.4, 0.5) is 0 Å². The molecular weight excluding hydrogens is 765 g/mol. The van der Waals surface area contributed by atoms with Crippen molar-refractivity contribution in [3.05, 3.63) is 217 Å². The second-order valence-electron chi connectivity index (χ2n) is 16.7. The molecule has 63 heavy (non-hydrogen) atoms. The molecule has 1 aliphatic rings. The van der Waals surface area contributed by atoms with E-state index in [1.54, 1.807) is 0 Å². The molecule has 0 atom stereocenters. The summed E-state index contributed by atoms with van der Waals surface area (Å²) in [7, 11) is 0. The fraction of sp³-hybridized carbons (Fsp3) is 0.0339. The second kappa shape index (κ2) is 14.2. The lowest BCUT2D eigenvalue weighted by molar-refractivity contribution is 0.935. The second-order valence-corrected chi connectivity index (χ2v) is 16.7. The first-order valence-electron chi connectivity index (χ1n) is 21.7. The van der Waals surface area contributed by atoms with Crippen molar-refractivity contribution in [1.82, 2.24) is 19.5 Å². The van der Waals surface area contributed by atoms with Gasteiger partial charge in [0.1, 0.15) is 0 Å². The number of rotatable bonds is 5. The quantitative estimate of drug-likeness (QED) is 0.174. The molecule has 2 aromatic heterocycles. The van der Waals surface area contributed by atoms with Crippen LogP contribution in [0.15, 0.2) is 206 Å². The number of hydrogen-bond acceptors (Lipinski definition) is 3. The van der Waals surface area contributed by atoms with Crippen LogP contribution in [-0.4, -0.2) is 19.5 Å². The zero-order valence-electron chi connectivity index (χ0n) is 34.3. The third-order valence-corrected chi connectivity index (χ3v) is 13.1. The highest BCUT2D eigenvalue weighted by Gasteiger charge is 2.27. The third-order valence-electron chi connectivity index (χ3n) is 13.1. The predicted octanol–water partition coefficient (Wildman–Crippen LogP) is 14.9. The van der Waals surface area contributed by atoms with Crippen molar-refractivity contribution in [3.8, 4) is 62.2 Å². The van der Waals surface area contributed by atoms with Gasteiger partial charge in [-0.3, -0.25) is 0 Å². The van der Waals surface area contributed by atoms with E-state index < -0.39 is 0 Å². The molecule has 0 radical (unpaired) electrons. The molecule has 1 aliphatic carbocycles. The lowest BCUT2D eigenvalue weighted by atomic mass is 9.88. The molecule has 0 amide bonds. The molecule has 4 nitrogen and oxygen atoms in total. The Hall–Kier alpha value is -8.21. The first kappa shape index (κ1) is 35.5. The maximum Gasteiger partial charge on any atom is 0.164 e. The topological polar surface area (TPSA) is 43.6 Å². The summed E-state index contributed by atoms with van der Waals surface area (Å²) in [6.07, 6.45) is 2.00. The Bertz CT molecular complexity index is 3800. The maximum absolute atomic E-state index is 5.33. The van der Waals surface area contributed by atoms with Gasteiger partial charge in [0.2, 0.25) is 0 Å². The Morgan fingerprint density at radius 2 is 0.984 bits per heavy atom. The van der Waals surface area contributed by atoms with Gasteiger partial charge in [-0.2, -0.15) is 0 Å². The van der Waals surface area contributed by atoms with Crippen molar-refractivity contribution >= 4 is 54.0 Å². The van der Waals surface area contributed by atoms with Crippen molar-refractivity contribution in [2.45, 2.75) is 12.8 Å². The van der Waals surface area contributed by atoms with E-state index in [2.05, 4.69) is 193 Å². The fourth-order valence-electron chi connectivity index (χ4n) is 10.1. The molecule has 0 saturated heterocycles. The Morgan fingerprint density at radius 1 is 0.333 bits per heavy atom. The summed E-state index contributed by atoms with van der Waals surface area (Å²) in [5.74, 6) is 1.92. The lowest BCUT2D eigenvalue weighted by Gasteiger charge is -2.22. The van der Waals surface area contributed by atoms with E-state index in [4.69, 9.17) is 15.0 Å². The maximum atomic E-state index is 5.33.